The Morgan fingerprint density at radius 1 is 0.373 bits per heavy atom. The molecule has 0 heterocycles. The van der Waals surface area contributed by atoms with Gasteiger partial charge in [-0.3, -0.25) is 14.4 Å². The zero-order valence-corrected chi connectivity index (χ0v) is 38.8. The standard InChI is InChI=1S/C53H92O6/c1-4-7-10-13-16-19-21-23-25-26-27-28-30-31-34-37-40-43-46-52(55)58-49-50(48-57-51(54)45-42-39-36-33-18-15-12-9-6-3)59-53(56)47-44-41-38-35-32-29-24-22-20-17-14-11-8-5-2/h8,11,17,20-21,23,25-28,50H,4-7,9-10,12-16,18-19,22,24,29-49H2,1-3H3/b11-8-,20-17-,23-21-,26-25-,28-27-. The van der Waals surface area contributed by atoms with Crippen molar-refractivity contribution in [3.05, 3.63) is 60.8 Å². The van der Waals surface area contributed by atoms with Crippen molar-refractivity contribution < 1.29 is 28.6 Å². The SMILES string of the molecule is CC/C=C\C/C=C\CCCCCCCCCC(=O)OC(COC(=O)CCCCCCC\C=C/C=C\C=C/CCCCCCC)COC(=O)CCCCCCCCCCC. The van der Waals surface area contributed by atoms with Gasteiger partial charge < -0.3 is 14.2 Å². The molecule has 0 aliphatic carbocycles. The maximum Gasteiger partial charge on any atom is 0.306 e. The summed E-state index contributed by atoms with van der Waals surface area (Å²) in [5.74, 6) is -0.913. The van der Waals surface area contributed by atoms with Gasteiger partial charge >= 0.3 is 17.9 Å². The van der Waals surface area contributed by atoms with Gasteiger partial charge in [0, 0.05) is 19.3 Å². The highest BCUT2D eigenvalue weighted by Gasteiger charge is 2.19. The Bertz CT molecular complexity index is 1090. The molecule has 6 nitrogen and oxygen atoms in total. The number of allylic oxidation sites excluding steroid dienone is 10. The van der Waals surface area contributed by atoms with Crippen LogP contribution in [-0.2, 0) is 28.6 Å². The minimum Gasteiger partial charge on any atom is -0.462 e. The summed E-state index contributed by atoms with van der Waals surface area (Å²) >= 11 is 0. The third-order valence-electron chi connectivity index (χ3n) is 10.6. The molecule has 0 amide bonds. The second-order valence-corrected chi connectivity index (χ2v) is 16.4. The van der Waals surface area contributed by atoms with Crippen LogP contribution in [0.3, 0.4) is 0 Å². The van der Waals surface area contributed by atoms with Crippen LogP contribution in [0.5, 0.6) is 0 Å². The van der Waals surface area contributed by atoms with Crippen LogP contribution in [0.1, 0.15) is 239 Å². The summed E-state index contributed by atoms with van der Waals surface area (Å²) < 4.78 is 16.7. The van der Waals surface area contributed by atoms with Crippen molar-refractivity contribution in [3.8, 4) is 0 Å². The first-order valence-electron chi connectivity index (χ1n) is 24.8. The topological polar surface area (TPSA) is 78.9 Å². The molecule has 0 aliphatic rings. The predicted molar refractivity (Wildman–Crippen MR) is 251 cm³/mol. The van der Waals surface area contributed by atoms with Crippen molar-refractivity contribution in [2.45, 2.75) is 245 Å². The monoisotopic (exact) mass is 825 g/mol. The molecule has 0 aromatic carbocycles. The first kappa shape index (κ1) is 56.1. The molecule has 6 heteroatoms. The highest BCUT2D eigenvalue weighted by molar-refractivity contribution is 5.71. The van der Waals surface area contributed by atoms with Crippen LogP contribution in [0.25, 0.3) is 0 Å². The van der Waals surface area contributed by atoms with E-state index in [0.717, 1.165) is 96.3 Å². The summed E-state index contributed by atoms with van der Waals surface area (Å²) in [4.78, 5) is 37.8. The van der Waals surface area contributed by atoms with Crippen molar-refractivity contribution in [1.82, 2.24) is 0 Å². The zero-order chi connectivity index (χ0) is 43.0. The lowest BCUT2D eigenvalue weighted by Crippen LogP contribution is -2.30. The molecule has 1 unspecified atom stereocenters. The molecule has 59 heavy (non-hydrogen) atoms. The molecule has 1 atom stereocenters. The predicted octanol–water partition coefficient (Wildman–Crippen LogP) is 16.1. The van der Waals surface area contributed by atoms with Crippen molar-refractivity contribution in [1.29, 1.82) is 0 Å². The molecule has 0 aromatic heterocycles. The van der Waals surface area contributed by atoms with Gasteiger partial charge in [-0.25, -0.2) is 0 Å². The molecule has 0 N–H and O–H groups in total. The van der Waals surface area contributed by atoms with Crippen LogP contribution >= 0.6 is 0 Å². The molecule has 0 aromatic rings. The van der Waals surface area contributed by atoms with E-state index in [9.17, 15) is 14.4 Å². The fourth-order valence-corrected chi connectivity index (χ4v) is 6.83. The van der Waals surface area contributed by atoms with E-state index < -0.39 is 6.10 Å². The molecule has 0 saturated heterocycles. The Morgan fingerprint density at radius 3 is 1.15 bits per heavy atom. The lowest BCUT2D eigenvalue weighted by molar-refractivity contribution is -0.167. The average Bonchev–Trinajstić information content (AvgIpc) is 3.23. The van der Waals surface area contributed by atoms with E-state index in [1.807, 2.05) is 0 Å². The lowest BCUT2D eigenvalue weighted by Gasteiger charge is -2.18. The van der Waals surface area contributed by atoms with E-state index in [1.165, 1.54) is 103 Å². The van der Waals surface area contributed by atoms with Gasteiger partial charge in [0.05, 0.1) is 0 Å². The number of ether oxygens (including phenoxy) is 3. The van der Waals surface area contributed by atoms with E-state index in [-0.39, 0.29) is 31.1 Å². The largest absolute Gasteiger partial charge is 0.462 e. The molecular formula is C53H92O6. The number of esters is 3. The Balaban J connectivity index is 4.37. The van der Waals surface area contributed by atoms with Crippen LogP contribution in [0.2, 0.25) is 0 Å². The maximum absolute atomic E-state index is 12.7. The fraction of sp³-hybridized carbons (Fsp3) is 0.755. The van der Waals surface area contributed by atoms with Crippen molar-refractivity contribution in [2.24, 2.45) is 0 Å². The number of carbonyl (C=O) groups is 3. The Labute approximate surface area is 364 Å². The van der Waals surface area contributed by atoms with Gasteiger partial charge in [-0.15, -0.1) is 0 Å². The molecule has 0 bridgehead atoms. The number of hydrogen-bond acceptors (Lipinski definition) is 6. The van der Waals surface area contributed by atoms with Crippen LogP contribution in [0.15, 0.2) is 60.8 Å². The van der Waals surface area contributed by atoms with Gasteiger partial charge in [0.2, 0.25) is 0 Å². The molecule has 0 radical (unpaired) electrons. The molecule has 0 rings (SSSR count). The summed E-state index contributed by atoms with van der Waals surface area (Å²) in [6.07, 6.45) is 57.7. The van der Waals surface area contributed by atoms with Crippen molar-refractivity contribution >= 4 is 17.9 Å². The maximum atomic E-state index is 12.7. The number of rotatable bonds is 44. The zero-order valence-electron chi connectivity index (χ0n) is 38.8. The van der Waals surface area contributed by atoms with Gasteiger partial charge in [0.25, 0.3) is 0 Å². The molecular weight excluding hydrogens is 733 g/mol. The Morgan fingerprint density at radius 2 is 0.729 bits per heavy atom. The Kier molecular flexibility index (Phi) is 45.4. The number of unbranched alkanes of at least 4 members (excludes halogenated alkanes) is 25. The van der Waals surface area contributed by atoms with Gasteiger partial charge in [0.15, 0.2) is 6.10 Å². The van der Waals surface area contributed by atoms with E-state index in [2.05, 4.69) is 81.5 Å². The van der Waals surface area contributed by atoms with Gasteiger partial charge in [-0.05, 0) is 70.6 Å². The second-order valence-electron chi connectivity index (χ2n) is 16.4. The van der Waals surface area contributed by atoms with E-state index in [0.29, 0.717) is 19.3 Å². The second kappa shape index (κ2) is 47.8. The highest BCUT2D eigenvalue weighted by Crippen LogP contribution is 2.14. The Hall–Kier alpha value is -2.89. The quantitative estimate of drug-likeness (QED) is 0.0200. The summed E-state index contributed by atoms with van der Waals surface area (Å²) in [6, 6.07) is 0. The molecule has 340 valence electrons. The van der Waals surface area contributed by atoms with Crippen LogP contribution in [0, 0.1) is 0 Å². The number of carbonyl (C=O) groups excluding carboxylic acids is 3. The highest BCUT2D eigenvalue weighted by atomic mass is 16.6. The van der Waals surface area contributed by atoms with E-state index in [4.69, 9.17) is 14.2 Å². The third-order valence-corrected chi connectivity index (χ3v) is 10.6. The average molecular weight is 825 g/mol. The fourth-order valence-electron chi connectivity index (χ4n) is 6.83. The first-order valence-corrected chi connectivity index (χ1v) is 24.8. The summed E-state index contributed by atoms with van der Waals surface area (Å²) in [6.45, 7) is 6.47. The van der Waals surface area contributed by atoms with Crippen molar-refractivity contribution in [3.63, 3.8) is 0 Å². The van der Waals surface area contributed by atoms with Crippen LogP contribution < -0.4 is 0 Å². The molecule has 0 saturated carbocycles. The number of hydrogen-bond donors (Lipinski definition) is 0. The molecule has 0 aliphatic heterocycles. The minimum absolute atomic E-state index is 0.0833. The van der Waals surface area contributed by atoms with Crippen molar-refractivity contribution in [2.75, 3.05) is 13.2 Å². The van der Waals surface area contributed by atoms with E-state index in [1.54, 1.807) is 0 Å². The minimum atomic E-state index is -0.783. The lowest BCUT2D eigenvalue weighted by atomic mass is 10.1. The normalized spacial score (nSPS) is 12.5. The summed E-state index contributed by atoms with van der Waals surface area (Å²) in [5.41, 5.74) is 0. The third kappa shape index (κ3) is 46.0. The smallest absolute Gasteiger partial charge is 0.306 e. The van der Waals surface area contributed by atoms with Crippen LogP contribution in [0.4, 0.5) is 0 Å². The summed E-state index contributed by atoms with van der Waals surface area (Å²) in [7, 11) is 0. The molecule has 0 fully saturated rings. The van der Waals surface area contributed by atoms with Gasteiger partial charge in [-0.1, -0.05) is 210 Å². The van der Waals surface area contributed by atoms with Crippen LogP contribution in [-0.4, -0.2) is 37.2 Å². The van der Waals surface area contributed by atoms with Gasteiger partial charge in [-0.2, -0.15) is 0 Å². The van der Waals surface area contributed by atoms with E-state index >= 15 is 0 Å². The first-order chi connectivity index (χ1) is 29.0. The molecule has 0 spiro atoms. The summed E-state index contributed by atoms with van der Waals surface area (Å²) in [5, 5.41) is 0. The van der Waals surface area contributed by atoms with Gasteiger partial charge in [0.1, 0.15) is 13.2 Å².